The van der Waals surface area contributed by atoms with Gasteiger partial charge in [0.05, 0.1) is 17.4 Å². The maximum atomic E-state index is 13.2. The van der Waals surface area contributed by atoms with Crippen molar-refractivity contribution in [1.29, 1.82) is 0 Å². The molecule has 0 radical (unpaired) electrons. The van der Waals surface area contributed by atoms with Crippen LogP contribution in [0, 0.1) is 6.92 Å². The van der Waals surface area contributed by atoms with Crippen LogP contribution < -0.4 is 0 Å². The van der Waals surface area contributed by atoms with Gasteiger partial charge >= 0.3 is 0 Å². The number of benzene rings is 2. The summed E-state index contributed by atoms with van der Waals surface area (Å²) in [6, 6.07) is 18.1. The molecule has 1 unspecified atom stereocenters. The lowest BCUT2D eigenvalue weighted by Gasteiger charge is -2.32. The first-order valence-corrected chi connectivity index (χ1v) is 9.90. The van der Waals surface area contributed by atoms with Gasteiger partial charge in [-0.1, -0.05) is 47.7 Å². The van der Waals surface area contributed by atoms with E-state index in [2.05, 4.69) is 32.6 Å². The Morgan fingerprint density at radius 2 is 1.70 bits per heavy atom. The first kappa shape index (κ1) is 18.2. The van der Waals surface area contributed by atoms with Crippen LogP contribution in [0.2, 0.25) is 0 Å². The van der Waals surface area contributed by atoms with Crippen molar-refractivity contribution in [2.75, 3.05) is 6.54 Å². The van der Waals surface area contributed by atoms with Crippen LogP contribution >= 0.6 is 0 Å². The maximum absolute atomic E-state index is 13.2. The van der Waals surface area contributed by atoms with Gasteiger partial charge in [0.2, 0.25) is 0 Å². The average molecular weight is 399 g/mol. The molecule has 0 N–H and O–H groups in total. The number of fused-ring (bicyclic) bond motifs is 1. The van der Waals surface area contributed by atoms with Gasteiger partial charge in [-0.3, -0.25) is 4.79 Å². The van der Waals surface area contributed by atoms with Gasteiger partial charge in [-0.15, -0.1) is 15.3 Å². The van der Waals surface area contributed by atoms with E-state index in [1.54, 1.807) is 15.9 Å². The number of hydrogen-bond acceptors (Lipinski definition) is 5. The lowest BCUT2D eigenvalue weighted by molar-refractivity contribution is 0.0630. The van der Waals surface area contributed by atoms with E-state index in [9.17, 15) is 4.79 Å². The summed E-state index contributed by atoms with van der Waals surface area (Å²) in [4.78, 5) is 15.0. The van der Waals surface area contributed by atoms with Gasteiger partial charge in [0, 0.05) is 13.1 Å². The molecular formula is C22H21N7O. The molecule has 1 aliphatic rings. The molecular weight excluding hydrogens is 378 g/mol. The molecule has 0 spiro atoms. The Bertz CT molecular complexity index is 1190. The fraction of sp³-hybridized carbons (Fsp3) is 0.227. The summed E-state index contributed by atoms with van der Waals surface area (Å²) in [5.74, 6) is 0.651. The van der Waals surface area contributed by atoms with E-state index >= 15 is 0 Å². The number of rotatable bonds is 3. The largest absolute Gasteiger partial charge is 0.325 e. The third-order valence-corrected chi connectivity index (χ3v) is 5.65. The molecule has 1 amide bonds. The first-order chi connectivity index (χ1) is 14.6. The van der Waals surface area contributed by atoms with Crippen LogP contribution in [-0.4, -0.2) is 47.1 Å². The highest BCUT2D eigenvalue weighted by Crippen LogP contribution is 2.26. The van der Waals surface area contributed by atoms with Gasteiger partial charge in [0.15, 0.2) is 11.5 Å². The summed E-state index contributed by atoms with van der Waals surface area (Å²) in [7, 11) is 0. The first-order valence-electron chi connectivity index (χ1n) is 9.90. The zero-order valence-corrected chi connectivity index (χ0v) is 16.8. The van der Waals surface area contributed by atoms with E-state index < -0.39 is 0 Å². The van der Waals surface area contributed by atoms with Crippen LogP contribution in [0.1, 0.15) is 35.0 Å². The molecule has 2 aromatic carbocycles. The molecule has 0 bridgehead atoms. The second kappa shape index (κ2) is 7.22. The van der Waals surface area contributed by atoms with Crippen molar-refractivity contribution in [3.8, 4) is 16.8 Å². The molecule has 0 saturated carbocycles. The standard InChI is InChI=1S/C22H21N7O/c1-15-20(22(30)28-13-12-27-14-23-25-21(27)16(28)2)24-26-29(15)19-10-8-18(9-11-19)17-6-4-3-5-7-17/h3-11,14,16H,12-13H2,1-2H3. The van der Waals surface area contributed by atoms with Gasteiger partial charge in [-0.25, -0.2) is 4.68 Å². The fourth-order valence-electron chi connectivity index (χ4n) is 3.92. The molecule has 150 valence electrons. The summed E-state index contributed by atoms with van der Waals surface area (Å²) < 4.78 is 3.69. The number of carbonyl (C=O) groups excluding carboxylic acids is 1. The van der Waals surface area contributed by atoms with E-state index in [-0.39, 0.29) is 11.9 Å². The Balaban J connectivity index is 1.41. The molecule has 5 rings (SSSR count). The highest BCUT2D eigenvalue weighted by molar-refractivity contribution is 5.93. The molecule has 0 aliphatic carbocycles. The second-order valence-electron chi connectivity index (χ2n) is 7.41. The molecule has 4 aromatic rings. The Morgan fingerprint density at radius 1 is 0.967 bits per heavy atom. The summed E-state index contributed by atoms with van der Waals surface area (Å²) in [6.07, 6.45) is 1.70. The lowest BCUT2D eigenvalue weighted by atomic mass is 10.1. The summed E-state index contributed by atoms with van der Waals surface area (Å²) in [6.45, 7) is 5.09. The number of hydrogen-bond donors (Lipinski definition) is 0. The average Bonchev–Trinajstić information content (AvgIpc) is 3.41. The Hall–Kier alpha value is -3.81. The summed E-state index contributed by atoms with van der Waals surface area (Å²) in [5, 5.41) is 16.6. The normalized spacial score (nSPS) is 15.8. The van der Waals surface area contributed by atoms with Gasteiger partial charge in [0.1, 0.15) is 6.33 Å². The number of aromatic nitrogens is 6. The van der Waals surface area contributed by atoms with Crippen molar-refractivity contribution < 1.29 is 4.79 Å². The molecule has 3 heterocycles. The van der Waals surface area contributed by atoms with E-state index in [4.69, 9.17) is 0 Å². The molecule has 2 aromatic heterocycles. The second-order valence-corrected chi connectivity index (χ2v) is 7.41. The Morgan fingerprint density at radius 3 is 2.47 bits per heavy atom. The summed E-state index contributed by atoms with van der Waals surface area (Å²) >= 11 is 0. The molecule has 8 nitrogen and oxygen atoms in total. The van der Waals surface area contributed by atoms with Crippen LogP contribution in [0.15, 0.2) is 60.9 Å². The quantitative estimate of drug-likeness (QED) is 0.529. The van der Waals surface area contributed by atoms with Gasteiger partial charge < -0.3 is 9.47 Å². The number of nitrogens with zero attached hydrogens (tertiary/aromatic N) is 7. The van der Waals surface area contributed by atoms with Gasteiger partial charge in [0.25, 0.3) is 5.91 Å². The zero-order valence-electron chi connectivity index (χ0n) is 16.8. The van der Waals surface area contributed by atoms with Crippen molar-refractivity contribution in [3.63, 3.8) is 0 Å². The third kappa shape index (κ3) is 2.97. The highest BCUT2D eigenvalue weighted by Gasteiger charge is 2.32. The third-order valence-electron chi connectivity index (χ3n) is 5.65. The van der Waals surface area contributed by atoms with Crippen molar-refractivity contribution in [3.05, 3.63) is 78.1 Å². The number of amides is 1. The topological polar surface area (TPSA) is 81.7 Å². The van der Waals surface area contributed by atoms with Gasteiger partial charge in [-0.05, 0) is 37.1 Å². The monoisotopic (exact) mass is 399 g/mol. The molecule has 0 fully saturated rings. The van der Waals surface area contributed by atoms with Gasteiger partial charge in [-0.2, -0.15) is 0 Å². The Kier molecular flexibility index (Phi) is 4.39. The van der Waals surface area contributed by atoms with Crippen LogP contribution in [0.5, 0.6) is 0 Å². The van der Waals surface area contributed by atoms with Crippen LogP contribution in [0.3, 0.4) is 0 Å². The fourth-order valence-corrected chi connectivity index (χ4v) is 3.92. The minimum absolute atomic E-state index is 0.138. The summed E-state index contributed by atoms with van der Waals surface area (Å²) in [5.41, 5.74) is 4.22. The zero-order chi connectivity index (χ0) is 20.7. The minimum Gasteiger partial charge on any atom is -0.325 e. The SMILES string of the molecule is Cc1c(C(=O)N2CCn3cnnc3C2C)nnn1-c1ccc(-c2ccccc2)cc1. The Labute approximate surface area is 173 Å². The van der Waals surface area contributed by atoms with E-state index in [0.29, 0.717) is 24.5 Å². The van der Waals surface area contributed by atoms with Crippen LogP contribution in [0.4, 0.5) is 0 Å². The van der Waals surface area contributed by atoms with Crippen molar-refractivity contribution in [1.82, 2.24) is 34.7 Å². The van der Waals surface area contributed by atoms with Crippen molar-refractivity contribution in [2.24, 2.45) is 0 Å². The molecule has 1 atom stereocenters. The molecule has 0 saturated heterocycles. The predicted octanol–water partition coefficient (Wildman–Crippen LogP) is 3.05. The molecule has 8 heteroatoms. The highest BCUT2D eigenvalue weighted by atomic mass is 16.2. The maximum Gasteiger partial charge on any atom is 0.277 e. The van der Waals surface area contributed by atoms with Crippen LogP contribution in [-0.2, 0) is 6.54 Å². The van der Waals surface area contributed by atoms with Crippen molar-refractivity contribution in [2.45, 2.75) is 26.4 Å². The van der Waals surface area contributed by atoms with E-state index in [1.807, 2.05) is 60.9 Å². The predicted molar refractivity (Wildman–Crippen MR) is 111 cm³/mol. The van der Waals surface area contributed by atoms with E-state index in [0.717, 1.165) is 22.6 Å². The van der Waals surface area contributed by atoms with Crippen molar-refractivity contribution >= 4 is 5.91 Å². The molecule has 30 heavy (non-hydrogen) atoms. The smallest absolute Gasteiger partial charge is 0.277 e. The van der Waals surface area contributed by atoms with E-state index in [1.165, 1.54) is 0 Å². The number of carbonyl (C=O) groups is 1. The molecule has 1 aliphatic heterocycles. The minimum atomic E-state index is -0.163. The lowest BCUT2D eigenvalue weighted by Crippen LogP contribution is -2.41. The van der Waals surface area contributed by atoms with Crippen LogP contribution in [0.25, 0.3) is 16.8 Å².